The fourth-order valence-corrected chi connectivity index (χ4v) is 6.47. The third kappa shape index (κ3) is 22.4. The lowest BCUT2D eigenvalue weighted by atomic mass is 10.0. The first-order chi connectivity index (χ1) is 33.4. The minimum Gasteiger partial charge on any atom is -0.382 e. The molecule has 0 spiro atoms. The van der Waals surface area contributed by atoms with Crippen LogP contribution in [0.1, 0.15) is 33.6 Å². The summed E-state index contributed by atoms with van der Waals surface area (Å²) in [6.45, 7) is 11.6. The molecule has 0 bridgehead atoms. The van der Waals surface area contributed by atoms with Gasteiger partial charge >= 0.3 is 0 Å². The van der Waals surface area contributed by atoms with Gasteiger partial charge in [0.2, 0.25) is 11.8 Å². The van der Waals surface area contributed by atoms with Gasteiger partial charge in [0.25, 0.3) is 23.6 Å². The summed E-state index contributed by atoms with van der Waals surface area (Å²) in [7, 11) is 0. The molecule has 3 aliphatic rings. The molecule has 68 heavy (non-hydrogen) atoms. The molecule has 1 aromatic rings. The quantitative estimate of drug-likeness (QED) is 0.0626. The fraction of sp³-hybridized carbons (Fsp3) is 0.689. The molecule has 23 nitrogen and oxygen atoms in total. The van der Waals surface area contributed by atoms with Crippen LogP contribution in [0.5, 0.6) is 0 Å². The lowest BCUT2D eigenvalue weighted by Gasteiger charge is -2.27. The average Bonchev–Trinajstić information content (AvgIpc) is 3.79. The van der Waals surface area contributed by atoms with Crippen molar-refractivity contribution in [1.29, 1.82) is 0 Å². The average molecular weight is 969 g/mol. The molecule has 0 saturated carbocycles. The van der Waals surface area contributed by atoms with Crippen molar-refractivity contribution in [3.63, 3.8) is 0 Å². The molecule has 1 atom stereocenters. The molecule has 0 aromatic heterocycles. The Morgan fingerprint density at radius 2 is 0.838 bits per heavy atom. The second-order valence-electron chi connectivity index (χ2n) is 14.7. The van der Waals surface area contributed by atoms with Crippen molar-refractivity contribution in [2.45, 2.75) is 18.9 Å². The van der Waals surface area contributed by atoms with Gasteiger partial charge in [-0.25, -0.2) is 0 Å². The number of hydrogen-bond acceptors (Lipinski definition) is 20. The summed E-state index contributed by atoms with van der Waals surface area (Å²) < 4.78 is 71.3. The van der Waals surface area contributed by atoms with Crippen molar-refractivity contribution in [3.05, 3.63) is 41.5 Å². The van der Waals surface area contributed by atoms with Gasteiger partial charge in [-0.05, 0) is 18.6 Å². The van der Waals surface area contributed by atoms with E-state index in [2.05, 4.69) is 10.6 Å². The second kappa shape index (κ2) is 35.7. The molecule has 382 valence electrons. The zero-order valence-corrected chi connectivity index (χ0v) is 38.8. The fourth-order valence-electron chi connectivity index (χ4n) is 6.47. The smallest absolute Gasteiger partial charge is 0.264 e. The Bertz CT molecular complexity index is 1670. The third-order valence-corrected chi connectivity index (χ3v) is 9.85. The molecular formula is C45H68N4O19. The maximum atomic E-state index is 13.2. The number of rotatable bonds is 44. The summed E-state index contributed by atoms with van der Waals surface area (Å²) in [5, 5.41) is 5.33. The number of hydrogen-bond donors (Lipinski definition) is 2. The zero-order valence-electron chi connectivity index (χ0n) is 38.8. The molecule has 2 N–H and O–H groups in total. The van der Waals surface area contributed by atoms with Crippen molar-refractivity contribution in [1.82, 2.24) is 15.1 Å². The van der Waals surface area contributed by atoms with E-state index in [0.717, 1.165) is 9.80 Å². The molecule has 1 unspecified atom stereocenters. The molecule has 6 amide bonds. The number of ether oxygens (including phenoxy) is 13. The van der Waals surface area contributed by atoms with Gasteiger partial charge in [-0.2, -0.15) is 0 Å². The number of nitrogens with zero attached hydrogens (tertiary/aromatic N) is 2. The Hall–Kier alpha value is -4.34. The van der Waals surface area contributed by atoms with Gasteiger partial charge in [-0.1, -0.05) is 6.07 Å². The summed E-state index contributed by atoms with van der Waals surface area (Å²) in [6.07, 6.45) is 2.65. The van der Waals surface area contributed by atoms with Gasteiger partial charge in [0.15, 0.2) is 0 Å². The third-order valence-electron chi connectivity index (χ3n) is 9.85. The van der Waals surface area contributed by atoms with Crippen LogP contribution in [0.4, 0.5) is 5.69 Å². The lowest BCUT2D eigenvalue weighted by Crippen LogP contribution is -2.54. The van der Waals surface area contributed by atoms with Gasteiger partial charge in [0, 0.05) is 30.8 Å². The number of anilines is 1. The summed E-state index contributed by atoms with van der Waals surface area (Å²) in [5.74, 6) is -2.82. The van der Waals surface area contributed by atoms with Crippen LogP contribution in [0.3, 0.4) is 0 Å². The van der Waals surface area contributed by atoms with E-state index >= 15 is 0 Å². The Kier molecular flexibility index (Phi) is 29.6. The van der Waals surface area contributed by atoms with E-state index in [-0.39, 0.29) is 48.9 Å². The van der Waals surface area contributed by atoms with Gasteiger partial charge in [0.05, 0.1) is 189 Å². The molecule has 1 saturated heterocycles. The van der Waals surface area contributed by atoms with E-state index in [1.807, 2.05) is 0 Å². The zero-order chi connectivity index (χ0) is 48.3. The first kappa shape index (κ1) is 56.2. The highest BCUT2D eigenvalue weighted by Gasteiger charge is 2.45. The van der Waals surface area contributed by atoms with E-state index in [1.54, 1.807) is 18.2 Å². The normalized spacial score (nSPS) is 15.9. The second-order valence-corrected chi connectivity index (χ2v) is 14.7. The van der Waals surface area contributed by atoms with Crippen molar-refractivity contribution in [2.24, 2.45) is 0 Å². The van der Waals surface area contributed by atoms with Gasteiger partial charge in [-0.3, -0.25) is 43.9 Å². The highest BCUT2D eigenvalue weighted by atomic mass is 16.6. The largest absolute Gasteiger partial charge is 0.382 e. The predicted octanol–water partition coefficient (Wildman–Crippen LogP) is -0.359. The van der Waals surface area contributed by atoms with Crippen LogP contribution in [0.2, 0.25) is 0 Å². The maximum Gasteiger partial charge on any atom is 0.264 e. The number of carbonyl (C=O) groups excluding carboxylic acids is 6. The maximum absolute atomic E-state index is 13.2. The van der Waals surface area contributed by atoms with Crippen molar-refractivity contribution in [3.8, 4) is 0 Å². The van der Waals surface area contributed by atoms with E-state index < -0.39 is 29.7 Å². The number of nitrogens with one attached hydrogen (secondary N) is 2. The Labute approximate surface area is 396 Å². The van der Waals surface area contributed by atoms with Crippen molar-refractivity contribution in [2.75, 3.05) is 190 Å². The van der Waals surface area contributed by atoms with Crippen molar-refractivity contribution >= 4 is 41.1 Å². The van der Waals surface area contributed by atoms with E-state index in [4.69, 9.17) is 61.6 Å². The number of imide groups is 3. The van der Waals surface area contributed by atoms with Gasteiger partial charge in [-0.15, -0.1) is 0 Å². The number of piperidine rings is 1. The summed E-state index contributed by atoms with van der Waals surface area (Å²) in [5.41, 5.74) is 0.887. The molecule has 4 rings (SSSR count). The lowest BCUT2D eigenvalue weighted by molar-refractivity contribution is -0.138. The SMILES string of the molecule is O=C1CCC(N2C(=O)c3cccc(NCCOCCOCCOCCOCCOCCOCCOCCOCCOCCOCCOCCOCCOCCN4C(=O)C=CC4=O)c3C2=O)C(=O)N1. The molecule has 3 heterocycles. The first-order valence-corrected chi connectivity index (χ1v) is 23.0. The number of amides is 6. The summed E-state index contributed by atoms with van der Waals surface area (Å²) >= 11 is 0. The molecule has 23 heteroatoms. The van der Waals surface area contributed by atoms with E-state index in [9.17, 15) is 28.8 Å². The van der Waals surface area contributed by atoms with Crippen LogP contribution >= 0.6 is 0 Å². The van der Waals surface area contributed by atoms with Crippen molar-refractivity contribution < 1.29 is 90.3 Å². The first-order valence-electron chi connectivity index (χ1n) is 23.0. The molecule has 3 aliphatic heterocycles. The highest BCUT2D eigenvalue weighted by Crippen LogP contribution is 2.32. The molecule has 0 aliphatic carbocycles. The number of benzene rings is 1. The summed E-state index contributed by atoms with van der Waals surface area (Å²) in [6, 6.07) is 3.88. The summed E-state index contributed by atoms with van der Waals surface area (Å²) in [4.78, 5) is 74.9. The Morgan fingerprint density at radius 3 is 1.22 bits per heavy atom. The standard InChI is InChI=1S/C45H68N4O19/c50-39-5-4-38(43(53)47-39)49-44(54)36-2-1-3-37(42(36)45(49)55)46-8-10-56-12-14-58-16-18-60-20-22-62-24-26-64-28-30-66-32-34-68-35-33-67-31-29-65-27-25-63-23-21-61-19-17-59-15-13-57-11-9-48-40(51)6-7-41(48)52/h1-3,6-7,38,46H,4-5,8-35H2,(H,47,50,53). The molecular weight excluding hydrogens is 901 g/mol. The van der Waals surface area contributed by atoms with E-state index in [1.165, 1.54) is 12.2 Å². The number of fused-ring (bicyclic) bond motifs is 1. The monoisotopic (exact) mass is 968 g/mol. The van der Waals surface area contributed by atoms with E-state index in [0.29, 0.717) is 177 Å². The molecule has 0 radical (unpaired) electrons. The van der Waals surface area contributed by atoms with Crippen LogP contribution in [-0.2, 0) is 80.8 Å². The molecule has 1 aromatic carbocycles. The van der Waals surface area contributed by atoms with Gasteiger partial charge in [0.1, 0.15) is 6.04 Å². The highest BCUT2D eigenvalue weighted by molar-refractivity contribution is 6.25. The van der Waals surface area contributed by atoms with Crippen LogP contribution in [0.25, 0.3) is 0 Å². The Morgan fingerprint density at radius 1 is 0.471 bits per heavy atom. The molecule has 1 fully saturated rings. The van der Waals surface area contributed by atoms with Crippen LogP contribution in [0.15, 0.2) is 30.4 Å². The predicted molar refractivity (Wildman–Crippen MR) is 238 cm³/mol. The van der Waals surface area contributed by atoms with Crippen LogP contribution in [0, 0.1) is 0 Å². The Balaban J connectivity index is 0.775. The van der Waals surface area contributed by atoms with Gasteiger partial charge < -0.3 is 66.9 Å². The minimum absolute atomic E-state index is 0.0593. The van der Waals surface area contributed by atoms with Crippen LogP contribution in [-0.4, -0.2) is 236 Å². The van der Waals surface area contributed by atoms with Crippen LogP contribution < -0.4 is 10.6 Å². The number of carbonyl (C=O) groups is 6. The minimum atomic E-state index is -1.02. The topological polar surface area (TPSA) is 253 Å².